The molecule has 0 aliphatic carbocycles. The predicted molar refractivity (Wildman–Crippen MR) is 127 cm³/mol. The molecule has 0 bridgehead atoms. The van der Waals surface area contributed by atoms with Gasteiger partial charge in [-0.05, 0) is 54.8 Å². The number of nitrogens with zero attached hydrogens (tertiary/aromatic N) is 2. The van der Waals surface area contributed by atoms with Crippen LogP contribution in [0.25, 0.3) is 16.8 Å². The van der Waals surface area contributed by atoms with Crippen molar-refractivity contribution in [2.24, 2.45) is 5.14 Å². The topological polar surface area (TPSA) is 107 Å². The zero-order valence-electron chi connectivity index (χ0n) is 18.3. The molecule has 1 aromatic heterocycles. The van der Waals surface area contributed by atoms with Gasteiger partial charge >= 0.3 is 0 Å². The Labute approximate surface area is 193 Å². The van der Waals surface area contributed by atoms with Gasteiger partial charge in [-0.25, -0.2) is 18.5 Å². The molecule has 0 radical (unpaired) electrons. The van der Waals surface area contributed by atoms with Crippen molar-refractivity contribution in [1.29, 1.82) is 0 Å². The van der Waals surface area contributed by atoms with Crippen LogP contribution >= 0.6 is 0 Å². The third kappa shape index (κ3) is 5.19. The maximum atomic E-state index is 12.8. The minimum atomic E-state index is -3.75. The molecule has 0 saturated heterocycles. The van der Waals surface area contributed by atoms with Crippen LogP contribution < -0.4 is 10.5 Å². The second kappa shape index (κ2) is 9.01. The van der Waals surface area contributed by atoms with Crippen LogP contribution in [0.3, 0.4) is 0 Å². The molecule has 168 valence electrons. The van der Waals surface area contributed by atoms with E-state index in [1.807, 2.05) is 24.3 Å². The Bertz CT molecular complexity index is 1390. The number of nitrogens with two attached hydrogens (primary N) is 1. The zero-order chi connectivity index (χ0) is 23.6. The van der Waals surface area contributed by atoms with E-state index in [9.17, 15) is 13.2 Å². The van der Waals surface area contributed by atoms with Gasteiger partial charge in [-0.1, -0.05) is 53.6 Å². The van der Waals surface area contributed by atoms with E-state index in [0.29, 0.717) is 5.69 Å². The Morgan fingerprint density at radius 3 is 2.18 bits per heavy atom. The number of nitrogens with one attached hydrogen (secondary N) is 1. The zero-order valence-corrected chi connectivity index (χ0v) is 19.1. The van der Waals surface area contributed by atoms with Crippen LogP contribution in [0, 0.1) is 13.8 Å². The van der Waals surface area contributed by atoms with Gasteiger partial charge in [0.15, 0.2) is 0 Å². The van der Waals surface area contributed by atoms with E-state index in [1.165, 1.54) is 29.5 Å². The van der Waals surface area contributed by atoms with Crippen molar-refractivity contribution < 1.29 is 13.2 Å². The van der Waals surface area contributed by atoms with Gasteiger partial charge in [0.05, 0.1) is 17.4 Å². The summed E-state index contributed by atoms with van der Waals surface area (Å²) in [4.78, 5) is 16.9. The number of hydrogen-bond acceptors (Lipinski definition) is 4. The first-order valence-electron chi connectivity index (χ1n) is 10.3. The summed E-state index contributed by atoms with van der Waals surface area (Å²) in [5.74, 6) is -0.290. The molecule has 0 aliphatic heterocycles. The number of hydrogen-bond donors (Lipinski definition) is 2. The van der Waals surface area contributed by atoms with Gasteiger partial charge in [-0.3, -0.25) is 9.36 Å². The van der Waals surface area contributed by atoms with Crippen molar-refractivity contribution in [2.45, 2.75) is 25.3 Å². The van der Waals surface area contributed by atoms with Crippen molar-refractivity contribution >= 4 is 15.9 Å². The average Bonchev–Trinajstić information content (AvgIpc) is 3.27. The van der Waals surface area contributed by atoms with E-state index < -0.39 is 10.0 Å². The lowest BCUT2D eigenvalue weighted by molar-refractivity contribution is 0.0944. The second-order valence-corrected chi connectivity index (χ2v) is 9.51. The monoisotopic (exact) mass is 460 g/mol. The number of amides is 1. The van der Waals surface area contributed by atoms with Crippen LogP contribution in [0.5, 0.6) is 0 Å². The lowest BCUT2D eigenvalue weighted by atomic mass is 10.0. The van der Waals surface area contributed by atoms with Crippen molar-refractivity contribution in [3.63, 3.8) is 0 Å². The number of rotatable bonds is 6. The molecule has 33 heavy (non-hydrogen) atoms. The highest BCUT2D eigenvalue weighted by Crippen LogP contribution is 2.24. The van der Waals surface area contributed by atoms with Gasteiger partial charge in [0.2, 0.25) is 10.0 Å². The number of sulfonamides is 1. The fourth-order valence-electron chi connectivity index (χ4n) is 3.69. The smallest absolute Gasteiger partial charge is 0.270 e. The highest BCUT2D eigenvalue weighted by Gasteiger charge is 2.14. The molecule has 0 saturated carbocycles. The normalized spacial score (nSPS) is 11.4. The molecule has 3 N–H and O–H groups in total. The maximum Gasteiger partial charge on any atom is 0.270 e. The van der Waals surface area contributed by atoms with Crippen LogP contribution in [0.15, 0.2) is 84.1 Å². The summed E-state index contributed by atoms with van der Waals surface area (Å²) < 4.78 is 24.5. The van der Waals surface area contributed by atoms with Gasteiger partial charge in [0.25, 0.3) is 5.91 Å². The van der Waals surface area contributed by atoms with Crippen molar-refractivity contribution in [3.8, 4) is 16.8 Å². The third-order valence-corrected chi connectivity index (χ3v) is 6.21. The van der Waals surface area contributed by atoms with Gasteiger partial charge in [-0.15, -0.1) is 0 Å². The predicted octanol–water partition coefficient (Wildman–Crippen LogP) is 3.73. The summed E-state index contributed by atoms with van der Waals surface area (Å²) in [5, 5.41) is 7.95. The Morgan fingerprint density at radius 2 is 1.58 bits per heavy atom. The van der Waals surface area contributed by atoms with Crippen LogP contribution in [0.1, 0.15) is 27.2 Å². The highest BCUT2D eigenvalue weighted by molar-refractivity contribution is 7.89. The minimum Gasteiger partial charge on any atom is -0.347 e. The number of benzene rings is 3. The lowest BCUT2D eigenvalue weighted by Crippen LogP contribution is -2.25. The Balaban J connectivity index is 1.49. The Hall–Kier alpha value is -3.75. The second-order valence-electron chi connectivity index (χ2n) is 7.94. The molecule has 7 nitrogen and oxygen atoms in total. The largest absolute Gasteiger partial charge is 0.347 e. The van der Waals surface area contributed by atoms with E-state index >= 15 is 0 Å². The molecule has 0 unspecified atom stereocenters. The fourth-order valence-corrected chi connectivity index (χ4v) is 4.21. The van der Waals surface area contributed by atoms with E-state index in [0.717, 1.165) is 22.4 Å². The molecular weight excluding hydrogens is 436 g/mol. The van der Waals surface area contributed by atoms with Crippen LogP contribution in [0.4, 0.5) is 0 Å². The van der Waals surface area contributed by atoms with E-state index in [2.05, 4.69) is 42.3 Å². The van der Waals surface area contributed by atoms with Crippen LogP contribution in [-0.2, 0) is 16.6 Å². The molecule has 4 aromatic rings. The van der Waals surface area contributed by atoms with E-state index in [1.54, 1.807) is 23.0 Å². The van der Waals surface area contributed by atoms with Gasteiger partial charge in [0.1, 0.15) is 5.69 Å². The van der Waals surface area contributed by atoms with Crippen LogP contribution in [-0.4, -0.2) is 23.9 Å². The van der Waals surface area contributed by atoms with E-state index in [-0.39, 0.29) is 17.3 Å². The molecule has 0 fully saturated rings. The summed E-state index contributed by atoms with van der Waals surface area (Å²) in [5.41, 5.74) is 6.64. The van der Waals surface area contributed by atoms with Crippen molar-refractivity contribution in [1.82, 2.24) is 14.9 Å². The van der Waals surface area contributed by atoms with E-state index in [4.69, 9.17) is 5.14 Å². The SMILES string of the molecule is Cc1cc(C)cc(-c2ccc(-n3cncc3C(=O)NCc3ccc(S(N)(=O)=O)cc3)cc2)c1. The summed E-state index contributed by atoms with van der Waals surface area (Å²) in [7, 11) is -3.75. The number of primary sulfonamides is 1. The Morgan fingerprint density at radius 1 is 0.939 bits per heavy atom. The fraction of sp³-hybridized carbons (Fsp3) is 0.120. The lowest BCUT2D eigenvalue weighted by Gasteiger charge is -2.11. The number of aryl methyl sites for hydroxylation is 2. The summed E-state index contributed by atoms with van der Waals surface area (Å²) in [6, 6.07) is 20.5. The van der Waals surface area contributed by atoms with Crippen molar-refractivity contribution in [2.75, 3.05) is 0 Å². The molecule has 8 heteroatoms. The quantitative estimate of drug-likeness (QED) is 0.457. The standard InChI is InChI=1S/C25H24N4O3S/c1-17-11-18(2)13-21(12-17)20-5-7-22(8-6-20)29-16-27-15-24(29)25(30)28-14-19-3-9-23(10-4-19)33(26,31)32/h3-13,15-16H,14H2,1-2H3,(H,28,30)(H2,26,31,32). The molecule has 0 aliphatic rings. The first-order valence-corrected chi connectivity index (χ1v) is 11.9. The number of carbonyl (C=O) groups is 1. The molecule has 4 rings (SSSR count). The number of imidazole rings is 1. The summed E-state index contributed by atoms with van der Waals surface area (Å²) >= 11 is 0. The first kappa shape index (κ1) is 22.4. The molecule has 1 amide bonds. The highest BCUT2D eigenvalue weighted by atomic mass is 32.2. The molecule has 1 heterocycles. The van der Waals surface area contributed by atoms with Gasteiger partial charge in [-0.2, -0.15) is 0 Å². The van der Waals surface area contributed by atoms with Crippen LogP contribution in [0.2, 0.25) is 0 Å². The average molecular weight is 461 g/mol. The van der Waals surface area contributed by atoms with Gasteiger partial charge < -0.3 is 5.32 Å². The molecule has 0 atom stereocenters. The first-order chi connectivity index (χ1) is 15.7. The third-order valence-electron chi connectivity index (χ3n) is 5.28. The summed E-state index contributed by atoms with van der Waals surface area (Å²) in [6.07, 6.45) is 3.11. The minimum absolute atomic E-state index is 0.0277. The molecule has 0 spiro atoms. The number of carbonyl (C=O) groups excluding carboxylic acids is 1. The summed E-state index contributed by atoms with van der Waals surface area (Å²) in [6.45, 7) is 4.39. The Kier molecular flexibility index (Phi) is 6.13. The molecule has 3 aromatic carbocycles. The molecular formula is C25H24N4O3S. The van der Waals surface area contributed by atoms with Crippen molar-refractivity contribution in [3.05, 3.63) is 102 Å². The number of aromatic nitrogens is 2. The maximum absolute atomic E-state index is 12.8. The van der Waals surface area contributed by atoms with Gasteiger partial charge in [0, 0.05) is 12.2 Å².